The molecule has 1 heterocycles. The molecule has 1 N–H and O–H groups in total. The summed E-state index contributed by atoms with van der Waals surface area (Å²) >= 11 is 6.34. The largest absolute Gasteiger partial charge is 0.497 e. The first kappa shape index (κ1) is 16.6. The molecule has 0 aliphatic heterocycles. The molecule has 1 spiro atoms. The van der Waals surface area contributed by atoms with Crippen LogP contribution in [0.4, 0.5) is 0 Å². The number of pyridine rings is 1. The van der Waals surface area contributed by atoms with E-state index < -0.39 is 5.60 Å². The number of hydrogen-bond acceptors (Lipinski definition) is 3. The SMILES string of the molecule is COc1ccc(CC2CCC[C@@]3(C[C@]4(O)CC43)c3cc(Cl)cnc32)cc1. The highest BCUT2D eigenvalue weighted by molar-refractivity contribution is 6.30. The molecule has 3 aliphatic rings. The van der Waals surface area contributed by atoms with Gasteiger partial charge in [-0.15, -0.1) is 0 Å². The van der Waals surface area contributed by atoms with Crippen molar-refractivity contribution in [2.45, 2.75) is 55.5 Å². The van der Waals surface area contributed by atoms with Crippen molar-refractivity contribution in [2.75, 3.05) is 7.11 Å². The molecule has 2 fully saturated rings. The standard InChI is InChI=1S/C22H24ClNO2/c1-26-17-6-4-14(5-7-17)9-15-3-2-8-21(13-22(25)11-19(21)22)18-10-16(23)12-24-20(15)18/h4-7,10,12,15,19,25H,2-3,8-9,11,13H2,1H3/t15?,19?,21-,22-/m1/s1. The van der Waals surface area contributed by atoms with E-state index in [0.29, 0.717) is 16.9 Å². The summed E-state index contributed by atoms with van der Waals surface area (Å²) in [5.41, 5.74) is 3.54. The van der Waals surface area contributed by atoms with Gasteiger partial charge in [0.25, 0.3) is 0 Å². The summed E-state index contributed by atoms with van der Waals surface area (Å²) in [6.07, 6.45) is 8.07. The first-order valence-electron chi connectivity index (χ1n) is 9.55. The summed E-state index contributed by atoms with van der Waals surface area (Å²) in [7, 11) is 1.70. The average molecular weight is 370 g/mol. The van der Waals surface area contributed by atoms with Crippen molar-refractivity contribution in [1.82, 2.24) is 4.98 Å². The number of ether oxygens (including phenoxy) is 1. The van der Waals surface area contributed by atoms with Crippen LogP contribution in [0.15, 0.2) is 36.5 Å². The molecule has 2 unspecified atom stereocenters. The van der Waals surface area contributed by atoms with E-state index in [1.165, 1.54) is 23.2 Å². The van der Waals surface area contributed by atoms with Crippen molar-refractivity contribution in [3.05, 3.63) is 58.4 Å². The quantitative estimate of drug-likeness (QED) is 0.856. The van der Waals surface area contributed by atoms with Crippen LogP contribution in [0, 0.1) is 5.92 Å². The van der Waals surface area contributed by atoms with E-state index in [0.717, 1.165) is 37.9 Å². The second-order valence-corrected chi connectivity index (χ2v) is 8.86. The number of fused-ring (bicyclic) bond motifs is 4. The topological polar surface area (TPSA) is 42.4 Å². The minimum Gasteiger partial charge on any atom is -0.497 e. The first-order valence-corrected chi connectivity index (χ1v) is 9.93. The number of aliphatic hydroxyl groups is 1. The van der Waals surface area contributed by atoms with E-state index in [1.54, 1.807) is 13.3 Å². The molecule has 0 saturated heterocycles. The van der Waals surface area contributed by atoms with Crippen molar-refractivity contribution in [2.24, 2.45) is 5.92 Å². The molecule has 2 saturated carbocycles. The van der Waals surface area contributed by atoms with Crippen molar-refractivity contribution >= 4 is 11.6 Å². The fraction of sp³-hybridized carbons (Fsp3) is 0.500. The lowest BCUT2D eigenvalue weighted by Crippen LogP contribution is -2.47. The zero-order valence-electron chi connectivity index (χ0n) is 15.0. The molecule has 4 heteroatoms. The van der Waals surface area contributed by atoms with Crippen LogP contribution in [0.2, 0.25) is 5.02 Å². The molecule has 26 heavy (non-hydrogen) atoms. The maximum atomic E-state index is 10.5. The van der Waals surface area contributed by atoms with Crippen LogP contribution in [0.25, 0.3) is 0 Å². The highest BCUT2D eigenvalue weighted by Gasteiger charge is 2.75. The Balaban J connectivity index is 1.50. The maximum Gasteiger partial charge on any atom is 0.118 e. The Labute approximate surface area is 159 Å². The van der Waals surface area contributed by atoms with E-state index in [1.807, 2.05) is 12.1 Å². The second kappa shape index (κ2) is 5.71. The van der Waals surface area contributed by atoms with E-state index in [4.69, 9.17) is 21.3 Å². The molecular formula is C22H24ClNO2. The van der Waals surface area contributed by atoms with Gasteiger partial charge < -0.3 is 9.84 Å². The summed E-state index contributed by atoms with van der Waals surface area (Å²) in [6.45, 7) is 0. The van der Waals surface area contributed by atoms with Gasteiger partial charge in [-0.2, -0.15) is 0 Å². The summed E-state index contributed by atoms with van der Waals surface area (Å²) in [5.74, 6) is 1.71. The molecule has 3 nitrogen and oxygen atoms in total. The van der Waals surface area contributed by atoms with Gasteiger partial charge in [-0.25, -0.2) is 0 Å². The van der Waals surface area contributed by atoms with Crippen LogP contribution in [-0.4, -0.2) is 22.8 Å². The zero-order valence-corrected chi connectivity index (χ0v) is 15.8. The fourth-order valence-electron chi connectivity index (χ4n) is 5.64. The predicted octanol–water partition coefficient (Wildman–Crippen LogP) is 4.65. The lowest BCUT2D eigenvalue weighted by atomic mass is 9.60. The van der Waals surface area contributed by atoms with Gasteiger partial charge in [-0.05, 0) is 61.4 Å². The summed E-state index contributed by atoms with van der Waals surface area (Å²) < 4.78 is 5.27. The first-order chi connectivity index (χ1) is 12.5. The molecule has 0 radical (unpaired) electrons. The van der Waals surface area contributed by atoms with Crippen LogP contribution in [0.3, 0.4) is 0 Å². The van der Waals surface area contributed by atoms with Crippen LogP contribution in [0.1, 0.15) is 54.8 Å². The summed E-state index contributed by atoms with van der Waals surface area (Å²) in [6, 6.07) is 10.5. The molecule has 136 valence electrons. The van der Waals surface area contributed by atoms with Gasteiger partial charge in [0.15, 0.2) is 0 Å². The number of nitrogens with zero attached hydrogens (tertiary/aromatic N) is 1. The molecule has 5 rings (SSSR count). The molecule has 0 bridgehead atoms. The Kier molecular flexibility index (Phi) is 3.64. The molecule has 4 atom stereocenters. The maximum absolute atomic E-state index is 10.5. The molecule has 2 aromatic rings. The smallest absolute Gasteiger partial charge is 0.118 e. The Morgan fingerprint density at radius 1 is 1.31 bits per heavy atom. The van der Waals surface area contributed by atoms with Crippen molar-refractivity contribution in [1.29, 1.82) is 0 Å². The van der Waals surface area contributed by atoms with Crippen molar-refractivity contribution in [3.63, 3.8) is 0 Å². The van der Waals surface area contributed by atoms with Gasteiger partial charge in [-0.1, -0.05) is 30.2 Å². The van der Waals surface area contributed by atoms with Gasteiger partial charge in [0, 0.05) is 29.1 Å². The van der Waals surface area contributed by atoms with Crippen LogP contribution < -0.4 is 4.74 Å². The molecular weight excluding hydrogens is 346 g/mol. The predicted molar refractivity (Wildman–Crippen MR) is 102 cm³/mol. The molecule has 1 aromatic heterocycles. The third-order valence-corrected chi connectivity index (χ3v) is 7.17. The molecule has 3 aliphatic carbocycles. The highest BCUT2D eigenvalue weighted by atomic mass is 35.5. The number of aromatic nitrogens is 1. The molecule has 1 aromatic carbocycles. The van der Waals surface area contributed by atoms with E-state index in [2.05, 4.69) is 18.2 Å². The fourth-order valence-corrected chi connectivity index (χ4v) is 5.80. The number of halogens is 1. The van der Waals surface area contributed by atoms with Gasteiger partial charge in [-0.3, -0.25) is 4.98 Å². The van der Waals surface area contributed by atoms with E-state index in [-0.39, 0.29) is 5.41 Å². The highest BCUT2D eigenvalue weighted by Crippen LogP contribution is 2.73. The summed E-state index contributed by atoms with van der Waals surface area (Å²) in [4.78, 5) is 4.80. The van der Waals surface area contributed by atoms with E-state index in [9.17, 15) is 5.11 Å². The summed E-state index contributed by atoms with van der Waals surface area (Å²) in [5, 5.41) is 11.2. The second-order valence-electron chi connectivity index (χ2n) is 8.42. The van der Waals surface area contributed by atoms with Gasteiger partial charge >= 0.3 is 0 Å². The van der Waals surface area contributed by atoms with Gasteiger partial charge in [0.05, 0.1) is 17.7 Å². The Hall–Kier alpha value is -1.58. The van der Waals surface area contributed by atoms with Crippen molar-refractivity contribution < 1.29 is 9.84 Å². The molecule has 0 amide bonds. The van der Waals surface area contributed by atoms with E-state index >= 15 is 0 Å². The Morgan fingerprint density at radius 3 is 2.77 bits per heavy atom. The van der Waals surface area contributed by atoms with Crippen LogP contribution in [-0.2, 0) is 11.8 Å². The lowest BCUT2D eigenvalue weighted by Gasteiger charge is -2.45. The number of benzene rings is 1. The van der Waals surface area contributed by atoms with Crippen LogP contribution >= 0.6 is 11.6 Å². The van der Waals surface area contributed by atoms with Crippen LogP contribution in [0.5, 0.6) is 5.75 Å². The number of hydrogen-bond donors (Lipinski definition) is 1. The zero-order chi connectivity index (χ0) is 17.9. The van der Waals surface area contributed by atoms with Gasteiger partial charge in [0.2, 0.25) is 0 Å². The van der Waals surface area contributed by atoms with Gasteiger partial charge in [0.1, 0.15) is 5.75 Å². The third-order valence-electron chi connectivity index (χ3n) is 6.96. The number of methoxy groups -OCH3 is 1. The third kappa shape index (κ3) is 2.40. The Bertz CT molecular complexity index is 852. The minimum atomic E-state index is -0.393. The lowest BCUT2D eigenvalue weighted by molar-refractivity contribution is -0.00220. The average Bonchev–Trinajstić information content (AvgIpc) is 3.25. The minimum absolute atomic E-state index is 0.108. The Morgan fingerprint density at radius 2 is 2.12 bits per heavy atom. The normalized spacial score (nSPS) is 34.4. The monoisotopic (exact) mass is 369 g/mol. The van der Waals surface area contributed by atoms with Crippen molar-refractivity contribution in [3.8, 4) is 5.75 Å². The number of rotatable bonds is 3.